The fourth-order valence-electron chi connectivity index (χ4n) is 3.02. The van der Waals surface area contributed by atoms with Gasteiger partial charge in [-0.1, -0.05) is 6.07 Å². The number of rotatable bonds is 5. The summed E-state index contributed by atoms with van der Waals surface area (Å²) < 4.78 is 14.9. The molecule has 0 spiro atoms. The summed E-state index contributed by atoms with van der Waals surface area (Å²) in [5.74, 6) is -0.530. The highest BCUT2D eigenvalue weighted by atomic mass is 19.1. The van der Waals surface area contributed by atoms with Crippen LogP contribution in [0.25, 0.3) is 22.3 Å². The van der Waals surface area contributed by atoms with E-state index < -0.39 is 0 Å². The lowest BCUT2D eigenvalue weighted by molar-refractivity contribution is 0.0955. The third-order valence-electron chi connectivity index (χ3n) is 4.48. The van der Waals surface area contributed by atoms with Gasteiger partial charge in [0.25, 0.3) is 5.91 Å². The Hall–Kier alpha value is -3.61. The van der Waals surface area contributed by atoms with Crippen LogP contribution in [0.1, 0.15) is 16.1 Å². The van der Waals surface area contributed by atoms with Gasteiger partial charge in [-0.2, -0.15) is 5.10 Å². The van der Waals surface area contributed by atoms with Crippen molar-refractivity contribution in [2.24, 2.45) is 7.05 Å². The predicted molar refractivity (Wildman–Crippen MR) is 104 cm³/mol. The van der Waals surface area contributed by atoms with E-state index in [2.05, 4.69) is 20.4 Å². The molecule has 140 valence electrons. The predicted octanol–water partition coefficient (Wildman–Crippen LogP) is 3.14. The molecule has 6 nitrogen and oxygen atoms in total. The number of aromatic nitrogens is 4. The van der Waals surface area contributed by atoms with E-state index in [1.807, 2.05) is 18.2 Å². The van der Waals surface area contributed by atoms with Crippen molar-refractivity contribution in [2.45, 2.75) is 6.42 Å². The summed E-state index contributed by atoms with van der Waals surface area (Å²) in [6, 6.07) is 13.4. The third-order valence-corrected chi connectivity index (χ3v) is 4.48. The van der Waals surface area contributed by atoms with Gasteiger partial charge in [0.2, 0.25) is 0 Å². The summed E-state index contributed by atoms with van der Waals surface area (Å²) in [5.41, 5.74) is 3.31. The topological polar surface area (TPSA) is 72.7 Å². The molecule has 1 aromatic carbocycles. The van der Waals surface area contributed by atoms with E-state index >= 15 is 0 Å². The Labute approximate surface area is 161 Å². The van der Waals surface area contributed by atoms with Gasteiger partial charge in [0, 0.05) is 37.5 Å². The molecule has 3 heterocycles. The van der Waals surface area contributed by atoms with Crippen LogP contribution in [-0.2, 0) is 13.5 Å². The van der Waals surface area contributed by atoms with Crippen LogP contribution in [0.3, 0.4) is 0 Å². The molecule has 0 radical (unpaired) electrons. The molecule has 0 saturated heterocycles. The molecule has 4 rings (SSSR count). The highest BCUT2D eigenvalue weighted by Gasteiger charge is 2.16. The number of nitrogens with zero attached hydrogens (tertiary/aromatic N) is 4. The maximum atomic E-state index is 13.3. The molecular weight excluding hydrogens is 357 g/mol. The Kier molecular flexibility index (Phi) is 4.80. The molecule has 0 fully saturated rings. The SMILES string of the molecule is Cn1ncc2c(C(=O)NCCc3ccccn3)cc(-c3ccc(F)cc3)nc21. The van der Waals surface area contributed by atoms with Gasteiger partial charge in [-0.15, -0.1) is 0 Å². The van der Waals surface area contributed by atoms with E-state index in [1.54, 1.807) is 42.3 Å². The first-order chi connectivity index (χ1) is 13.6. The van der Waals surface area contributed by atoms with E-state index in [0.717, 1.165) is 11.3 Å². The van der Waals surface area contributed by atoms with Gasteiger partial charge in [-0.05, 0) is 42.5 Å². The van der Waals surface area contributed by atoms with Crippen molar-refractivity contribution in [1.82, 2.24) is 25.1 Å². The second kappa shape index (κ2) is 7.56. The zero-order valence-electron chi connectivity index (χ0n) is 15.3. The van der Waals surface area contributed by atoms with E-state index in [-0.39, 0.29) is 11.7 Å². The number of carbonyl (C=O) groups is 1. The van der Waals surface area contributed by atoms with Crippen LogP contribution < -0.4 is 5.32 Å². The second-order valence-electron chi connectivity index (χ2n) is 6.39. The number of hydrogen-bond donors (Lipinski definition) is 1. The summed E-state index contributed by atoms with van der Waals surface area (Å²) in [4.78, 5) is 21.7. The molecule has 0 aliphatic rings. The summed E-state index contributed by atoms with van der Waals surface area (Å²) in [7, 11) is 1.77. The molecule has 0 saturated carbocycles. The maximum Gasteiger partial charge on any atom is 0.252 e. The lowest BCUT2D eigenvalue weighted by Crippen LogP contribution is -2.26. The molecule has 0 atom stereocenters. The lowest BCUT2D eigenvalue weighted by Gasteiger charge is -2.09. The molecule has 0 unspecified atom stereocenters. The highest BCUT2D eigenvalue weighted by molar-refractivity contribution is 6.06. The molecule has 1 amide bonds. The Morgan fingerprint density at radius 3 is 2.75 bits per heavy atom. The van der Waals surface area contributed by atoms with Crippen molar-refractivity contribution in [3.63, 3.8) is 0 Å². The molecule has 0 aliphatic carbocycles. The first-order valence-electron chi connectivity index (χ1n) is 8.88. The van der Waals surface area contributed by atoms with Crippen molar-refractivity contribution in [3.8, 4) is 11.3 Å². The van der Waals surface area contributed by atoms with E-state index in [4.69, 9.17) is 0 Å². The van der Waals surface area contributed by atoms with Gasteiger partial charge in [0.05, 0.1) is 22.8 Å². The fraction of sp³-hybridized carbons (Fsp3) is 0.143. The maximum absolute atomic E-state index is 13.3. The number of fused-ring (bicyclic) bond motifs is 1. The van der Waals surface area contributed by atoms with Gasteiger partial charge >= 0.3 is 0 Å². The molecule has 7 heteroatoms. The number of hydrogen-bond acceptors (Lipinski definition) is 4. The van der Waals surface area contributed by atoms with E-state index in [0.29, 0.717) is 35.3 Å². The van der Waals surface area contributed by atoms with Gasteiger partial charge in [0.15, 0.2) is 5.65 Å². The zero-order valence-corrected chi connectivity index (χ0v) is 15.3. The smallest absolute Gasteiger partial charge is 0.252 e. The summed E-state index contributed by atoms with van der Waals surface area (Å²) in [5, 5.41) is 7.82. The normalized spacial score (nSPS) is 10.9. The number of amides is 1. The molecule has 28 heavy (non-hydrogen) atoms. The van der Waals surface area contributed by atoms with Crippen molar-refractivity contribution in [2.75, 3.05) is 6.54 Å². The van der Waals surface area contributed by atoms with Gasteiger partial charge in [0.1, 0.15) is 5.82 Å². The van der Waals surface area contributed by atoms with Crippen molar-refractivity contribution < 1.29 is 9.18 Å². The second-order valence-corrected chi connectivity index (χ2v) is 6.39. The van der Waals surface area contributed by atoms with Gasteiger partial charge in [-0.3, -0.25) is 14.5 Å². The molecule has 3 aromatic heterocycles. The first kappa shape index (κ1) is 17.8. The van der Waals surface area contributed by atoms with Crippen LogP contribution in [-0.4, -0.2) is 32.2 Å². The van der Waals surface area contributed by atoms with E-state index in [1.165, 1.54) is 12.1 Å². The van der Waals surface area contributed by atoms with Crippen molar-refractivity contribution in [3.05, 3.63) is 78.0 Å². The Bertz CT molecular complexity index is 1120. The number of halogens is 1. The molecule has 4 aromatic rings. The minimum absolute atomic E-state index is 0.209. The minimum atomic E-state index is -0.321. The number of pyridine rings is 2. The zero-order chi connectivity index (χ0) is 19.5. The Morgan fingerprint density at radius 2 is 2.00 bits per heavy atom. The summed E-state index contributed by atoms with van der Waals surface area (Å²) in [6.07, 6.45) is 4.00. The number of benzene rings is 1. The number of aryl methyl sites for hydroxylation is 1. The van der Waals surface area contributed by atoms with Crippen LogP contribution in [0.4, 0.5) is 4.39 Å². The van der Waals surface area contributed by atoms with Crippen LogP contribution >= 0.6 is 0 Å². The van der Waals surface area contributed by atoms with Crippen LogP contribution in [0.5, 0.6) is 0 Å². The Balaban J connectivity index is 1.63. The molecular formula is C21H18FN5O. The number of carbonyl (C=O) groups excluding carboxylic acids is 1. The monoisotopic (exact) mass is 375 g/mol. The average molecular weight is 375 g/mol. The first-order valence-corrected chi connectivity index (χ1v) is 8.88. The quantitative estimate of drug-likeness (QED) is 0.582. The van der Waals surface area contributed by atoms with Crippen molar-refractivity contribution >= 4 is 16.9 Å². The highest BCUT2D eigenvalue weighted by Crippen LogP contribution is 2.24. The van der Waals surface area contributed by atoms with Crippen LogP contribution in [0, 0.1) is 5.82 Å². The lowest BCUT2D eigenvalue weighted by atomic mass is 10.1. The molecule has 0 aliphatic heterocycles. The third kappa shape index (κ3) is 3.59. The van der Waals surface area contributed by atoms with Gasteiger partial charge in [-0.25, -0.2) is 9.37 Å². The average Bonchev–Trinajstić information content (AvgIpc) is 3.09. The fourth-order valence-corrected chi connectivity index (χ4v) is 3.02. The molecule has 0 bridgehead atoms. The number of nitrogens with one attached hydrogen (secondary N) is 1. The molecule has 1 N–H and O–H groups in total. The minimum Gasteiger partial charge on any atom is -0.352 e. The largest absolute Gasteiger partial charge is 0.352 e. The van der Waals surface area contributed by atoms with Crippen molar-refractivity contribution in [1.29, 1.82) is 0 Å². The Morgan fingerprint density at radius 1 is 1.18 bits per heavy atom. The van der Waals surface area contributed by atoms with Crippen LogP contribution in [0.2, 0.25) is 0 Å². The van der Waals surface area contributed by atoms with E-state index in [9.17, 15) is 9.18 Å². The van der Waals surface area contributed by atoms with Gasteiger partial charge < -0.3 is 5.32 Å². The standard InChI is InChI=1S/C21H18FN5O/c1-27-20-18(13-25-27)17(12-19(26-20)14-5-7-15(22)8-6-14)21(28)24-11-9-16-4-2-3-10-23-16/h2-8,10,12-13H,9,11H2,1H3,(H,24,28). The van der Waals surface area contributed by atoms with Crippen LogP contribution in [0.15, 0.2) is 60.9 Å². The summed E-state index contributed by atoms with van der Waals surface area (Å²) in [6.45, 7) is 0.464. The summed E-state index contributed by atoms with van der Waals surface area (Å²) >= 11 is 0.